The normalized spacial score (nSPS) is 15.5. The fraction of sp³-hybridized carbons (Fsp3) is 0.500. The molecular formula is C18H27ClN2O. The van der Waals surface area contributed by atoms with Gasteiger partial charge in [-0.05, 0) is 36.4 Å². The minimum Gasteiger partial charge on any atom is -0.352 e. The maximum atomic E-state index is 12.0. The summed E-state index contributed by atoms with van der Waals surface area (Å²) in [4.78, 5) is 12.0. The van der Waals surface area contributed by atoms with Crippen LogP contribution in [0.15, 0.2) is 35.9 Å². The summed E-state index contributed by atoms with van der Waals surface area (Å²) >= 11 is 0. The van der Waals surface area contributed by atoms with Gasteiger partial charge in [-0.3, -0.25) is 4.79 Å². The fourth-order valence-electron chi connectivity index (χ4n) is 2.59. The Morgan fingerprint density at radius 1 is 1.32 bits per heavy atom. The molecule has 0 saturated heterocycles. The molecule has 0 spiro atoms. The lowest BCUT2D eigenvalue weighted by Crippen LogP contribution is -2.30. The fourth-order valence-corrected chi connectivity index (χ4v) is 2.59. The van der Waals surface area contributed by atoms with E-state index in [1.54, 1.807) is 0 Å². The predicted molar refractivity (Wildman–Crippen MR) is 94.7 cm³/mol. The molecular weight excluding hydrogens is 296 g/mol. The van der Waals surface area contributed by atoms with Crippen LogP contribution in [0.2, 0.25) is 0 Å². The standard InChI is InChI=1S/C18H26N2O.ClH/c1-3-15-4-6-17(7-5-15)14(2)12-18(21)20-13-16-8-10-19-11-9-16;/h4-8,14,19H,3,9-13H2,1-2H3,(H,20,21);1H. The van der Waals surface area contributed by atoms with Crippen LogP contribution in [-0.2, 0) is 11.2 Å². The van der Waals surface area contributed by atoms with E-state index in [1.807, 2.05) is 0 Å². The molecule has 1 atom stereocenters. The third-order valence-electron chi connectivity index (χ3n) is 4.12. The molecule has 1 aliphatic heterocycles. The Balaban J connectivity index is 0.00000242. The summed E-state index contributed by atoms with van der Waals surface area (Å²) in [6.07, 6.45) is 4.82. The molecule has 0 fully saturated rings. The summed E-state index contributed by atoms with van der Waals surface area (Å²) in [6.45, 7) is 6.90. The van der Waals surface area contributed by atoms with Crippen molar-refractivity contribution in [1.29, 1.82) is 0 Å². The molecule has 122 valence electrons. The Morgan fingerprint density at radius 3 is 2.64 bits per heavy atom. The first kappa shape index (κ1) is 18.7. The number of hydrogen-bond donors (Lipinski definition) is 2. The van der Waals surface area contributed by atoms with E-state index < -0.39 is 0 Å². The summed E-state index contributed by atoms with van der Waals surface area (Å²) in [5.41, 5.74) is 3.92. The highest BCUT2D eigenvalue weighted by atomic mass is 35.5. The van der Waals surface area contributed by atoms with Gasteiger partial charge >= 0.3 is 0 Å². The van der Waals surface area contributed by atoms with Crippen LogP contribution < -0.4 is 10.6 Å². The van der Waals surface area contributed by atoms with Crippen molar-refractivity contribution in [2.75, 3.05) is 19.6 Å². The highest BCUT2D eigenvalue weighted by Gasteiger charge is 2.12. The van der Waals surface area contributed by atoms with Crippen LogP contribution in [0, 0.1) is 0 Å². The van der Waals surface area contributed by atoms with E-state index in [9.17, 15) is 4.79 Å². The number of rotatable bonds is 6. The van der Waals surface area contributed by atoms with Crippen LogP contribution in [0.5, 0.6) is 0 Å². The summed E-state index contributed by atoms with van der Waals surface area (Å²) in [5.74, 6) is 0.402. The number of benzene rings is 1. The number of carbonyl (C=O) groups excluding carboxylic acids is 1. The van der Waals surface area contributed by atoms with Gasteiger partial charge in [0.15, 0.2) is 0 Å². The summed E-state index contributed by atoms with van der Waals surface area (Å²) in [6, 6.07) is 8.60. The maximum Gasteiger partial charge on any atom is 0.220 e. The molecule has 0 saturated carbocycles. The molecule has 2 N–H and O–H groups in total. The molecule has 1 amide bonds. The number of nitrogens with one attached hydrogen (secondary N) is 2. The van der Waals surface area contributed by atoms with Crippen LogP contribution in [-0.4, -0.2) is 25.5 Å². The highest BCUT2D eigenvalue weighted by molar-refractivity contribution is 5.85. The molecule has 1 heterocycles. The van der Waals surface area contributed by atoms with Gasteiger partial charge in [0.05, 0.1) is 0 Å². The molecule has 0 aliphatic carbocycles. The van der Waals surface area contributed by atoms with Crippen molar-refractivity contribution < 1.29 is 4.79 Å². The van der Waals surface area contributed by atoms with Gasteiger partial charge < -0.3 is 10.6 Å². The molecule has 22 heavy (non-hydrogen) atoms. The van der Waals surface area contributed by atoms with Gasteiger partial charge in [0.2, 0.25) is 5.91 Å². The van der Waals surface area contributed by atoms with Crippen molar-refractivity contribution in [2.45, 2.75) is 39.0 Å². The molecule has 0 bridgehead atoms. The van der Waals surface area contributed by atoms with Crippen LogP contribution >= 0.6 is 12.4 Å². The van der Waals surface area contributed by atoms with Gasteiger partial charge in [-0.25, -0.2) is 0 Å². The molecule has 1 unspecified atom stereocenters. The van der Waals surface area contributed by atoms with Crippen LogP contribution in [0.25, 0.3) is 0 Å². The second-order valence-corrected chi connectivity index (χ2v) is 5.79. The molecule has 1 aliphatic rings. The average Bonchev–Trinajstić information content (AvgIpc) is 2.54. The molecule has 3 nitrogen and oxygen atoms in total. The second kappa shape index (κ2) is 9.65. The Bertz CT molecular complexity index is 496. The van der Waals surface area contributed by atoms with Crippen molar-refractivity contribution in [3.8, 4) is 0 Å². The Kier molecular flexibility index (Phi) is 8.21. The number of hydrogen-bond acceptors (Lipinski definition) is 2. The number of aryl methyl sites for hydroxylation is 1. The SMILES string of the molecule is CCc1ccc(C(C)CC(=O)NCC2=CCNCC2)cc1.Cl. The summed E-state index contributed by atoms with van der Waals surface area (Å²) in [5, 5.41) is 6.32. The third-order valence-corrected chi connectivity index (χ3v) is 4.12. The van der Waals surface area contributed by atoms with Gasteiger partial charge in [-0.2, -0.15) is 0 Å². The minimum absolute atomic E-state index is 0. The predicted octanol–water partition coefficient (Wildman–Crippen LogP) is 3.20. The lowest BCUT2D eigenvalue weighted by Gasteiger charge is -2.16. The first-order valence-corrected chi connectivity index (χ1v) is 7.93. The van der Waals surface area contributed by atoms with Crippen molar-refractivity contribution >= 4 is 18.3 Å². The number of halogens is 1. The largest absolute Gasteiger partial charge is 0.352 e. The lowest BCUT2D eigenvalue weighted by atomic mass is 9.96. The van der Waals surface area contributed by atoms with Crippen molar-refractivity contribution in [3.05, 3.63) is 47.0 Å². The number of amides is 1. The minimum atomic E-state index is 0. The monoisotopic (exact) mass is 322 g/mol. The summed E-state index contributed by atoms with van der Waals surface area (Å²) < 4.78 is 0. The van der Waals surface area contributed by atoms with E-state index >= 15 is 0 Å². The molecule has 4 heteroatoms. The maximum absolute atomic E-state index is 12.0. The summed E-state index contributed by atoms with van der Waals surface area (Å²) in [7, 11) is 0. The van der Waals surface area contributed by atoms with Crippen LogP contribution in [0.4, 0.5) is 0 Å². The Labute approximate surface area is 140 Å². The van der Waals surface area contributed by atoms with E-state index in [0.29, 0.717) is 13.0 Å². The second-order valence-electron chi connectivity index (χ2n) is 5.79. The van der Waals surface area contributed by atoms with Crippen molar-refractivity contribution in [3.63, 3.8) is 0 Å². The quantitative estimate of drug-likeness (QED) is 0.790. The van der Waals surface area contributed by atoms with Gasteiger partial charge in [-0.15, -0.1) is 12.4 Å². The van der Waals surface area contributed by atoms with Crippen LogP contribution in [0.3, 0.4) is 0 Å². The first-order valence-electron chi connectivity index (χ1n) is 7.93. The van der Waals surface area contributed by atoms with Crippen molar-refractivity contribution in [2.24, 2.45) is 0 Å². The lowest BCUT2D eigenvalue weighted by molar-refractivity contribution is -0.121. The zero-order valence-corrected chi connectivity index (χ0v) is 14.3. The van der Waals surface area contributed by atoms with Gasteiger partial charge in [-0.1, -0.05) is 49.8 Å². The molecule has 2 rings (SSSR count). The Hall–Kier alpha value is -1.32. The van der Waals surface area contributed by atoms with Crippen molar-refractivity contribution in [1.82, 2.24) is 10.6 Å². The first-order chi connectivity index (χ1) is 10.2. The van der Waals surface area contributed by atoms with Gasteiger partial charge in [0.25, 0.3) is 0 Å². The topological polar surface area (TPSA) is 41.1 Å². The molecule has 1 aromatic carbocycles. The van der Waals surface area contributed by atoms with Crippen LogP contribution in [0.1, 0.15) is 43.7 Å². The van der Waals surface area contributed by atoms with Gasteiger partial charge in [0.1, 0.15) is 0 Å². The zero-order valence-electron chi connectivity index (χ0n) is 13.5. The molecule has 1 aromatic rings. The molecule has 0 radical (unpaired) electrons. The Morgan fingerprint density at radius 2 is 2.05 bits per heavy atom. The third kappa shape index (κ3) is 5.82. The average molecular weight is 323 g/mol. The van der Waals surface area contributed by atoms with Gasteiger partial charge in [0, 0.05) is 19.5 Å². The van der Waals surface area contributed by atoms with E-state index in [1.165, 1.54) is 16.7 Å². The van der Waals surface area contributed by atoms with E-state index in [0.717, 1.165) is 25.9 Å². The van der Waals surface area contributed by atoms with E-state index in [4.69, 9.17) is 0 Å². The van der Waals surface area contributed by atoms with E-state index in [-0.39, 0.29) is 24.2 Å². The smallest absolute Gasteiger partial charge is 0.220 e. The number of carbonyl (C=O) groups is 1. The highest BCUT2D eigenvalue weighted by Crippen LogP contribution is 2.19. The molecule has 0 aromatic heterocycles. The zero-order chi connectivity index (χ0) is 15.1. The van der Waals surface area contributed by atoms with E-state index in [2.05, 4.69) is 54.8 Å².